The number of esters is 1. The van der Waals surface area contributed by atoms with Crippen LogP contribution < -0.4 is 0 Å². The summed E-state index contributed by atoms with van der Waals surface area (Å²) in [5, 5.41) is 20.5. The van der Waals surface area contributed by atoms with Gasteiger partial charge in [0.15, 0.2) is 0 Å². The number of phenolic OH excluding ortho intramolecular Hbond substituents is 1. The van der Waals surface area contributed by atoms with Crippen LogP contribution in [0.2, 0.25) is 0 Å². The number of para-hydroxylation sites is 1. The van der Waals surface area contributed by atoms with Crippen LogP contribution in [-0.4, -0.2) is 28.9 Å². The Labute approximate surface area is 142 Å². The van der Waals surface area contributed by atoms with Gasteiger partial charge in [-0.15, -0.1) is 0 Å². The molecule has 0 bridgehead atoms. The maximum atomic E-state index is 11.8. The van der Waals surface area contributed by atoms with E-state index in [9.17, 15) is 15.0 Å². The number of carbonyl (C=O) groups is 1. The fraction of sp³-hybridized carbons (Fsp3) is 0.250. The van der Waals surface area contributed by atoms with Crippen molar-refractivity contribution in [2.24, 2.45) is 0 Å². The van der Waals surface area contributed by atoms with E-state index in [1.807, 2.05) is 19.1 Å². The van der Waals surface area contributed by atoms with Crippen molar-refractivity contribution in [1.82, 2.24) is 0 Å². The molecule has 0 saturated carbocycles. The second-order valence-electron chi connectivity index (χ2n) is 6.25. The van der Waals surface area contributed by atoms with E-state index in [0.29, 0.717) is 16.7 Å². The monoisotopic (exact) mass is 326 g/mol. The summed E-state index contributed by atoms with van der Waals surface area (Å²) >= 11 is 0. The standard InChI is InChI=1S/C20H22O4/c1-13-9-10-14(19(22)24-4)11-16(13)17(12-20(2,3)23)15-7-5-6-8-18(15)21/h5-12,21,23H,1-4H3/b17-12-. The Balaban J connectivity index is 2.72. The first kappa shape index (κ1) is 17.8. The zero-order chi connectivity index (χ0) is 17.9. The fourth-order valence-corrected chi connectivity index (χ4v) is 2.51. The Kier molecular flexibility index (Phi) is 5.10. The normalized spacial score (nSPS) is 12.1. The number of phenols is 1. The highest BCUT2D eigenvalue weighted by molar-refractivity contribution is 5.93. The van der Waals surface area contributed by atoms with Crippen LogP contribution in [0.5, 0.6) is 5.75 Å². The third kappa shape index (κ3) is 4.03. The van der Waals surface area contributed by atoms with Gasteiger partial charge in [-0.25, -0.2) is 4.79 Å². The summed E-state index contributed by atoms with van der Waals surface area (Å²) in [6.07, 6.45) is 1.67. The van der Waals surface area contributed by atoms with E-state index < -0.39 is 11.6 Å². The highest BCUT2D eigenvalue weighted by Crippen LogP contribution is 2.34. The van der Waals surface area contributed by atoms with Crippen LogP contribution in [0.25, 0.3) is 5.57 Å². The zero-order valence-corrected chi connectivity index (χ0v) is 14.3. The second-order valence-corrected chi connectivity index (χ2v) is 6.25. The van der Waals surface area contributed by atoms with Gasteiger partial charge in [0.1, 0.15) is 5.75 Å². The van der Waals surface area contributed by atoms with Crippen LogP contribution in [0, 0.1) is 6.92 Å². The molecule has 0 spiro atoms. The molecule has 0 atom stereocenters. The maximum absolute atomic E-state index is 11.8. The third-order valence-electron chi connectivity index (χ3n) is 3.64. The SMILES string of the molecule is COC(=O)c1ccc(C)c(/C(=C\C(C)(C)O)c2ccccc2O)c1. The van der Waals surface area contributed by atoms with E-state index in [1.165, 1.54) is 7.11 Å². The first-order chi connectivity index (χ1) is 11.2. The van der Waals surface area contributed by atoms with Crippen molar-refractivity contribution in [2.45, 2.75) is 26.4 Å². The minimum absolute atomic E-state index is 0.107. The number of benzene rings is 2. The van der Waals surface area contributed by atoms with Crippen LogP contribution in [0.4, 0.5) is 0 Å². The van der Waals surface area contributed by atoms with Crippen LogP contribution >= 0.6 is 0 Å². The number of rotatable bonds is 4. The molecule has 4 nitrogen and oxygen atoms in total. The van der Waals surface area contributed by atoms with Crippen molar-refractivity contribution in [3.8, 4) is 5.75 Å². The zero-order valence-electron chi connectivity index (χ0n) is 14.3. The van der Waals surface area contributed by atoms with Crippen molar-refractivity contribution in [2.75, 3.05) is 7.11 Å². The molecule has 2 N–H and O–H groups in total. The first-order valence-corrected chi connectivity index (χ1v) is 7.66. The van der Waals surface area contributed by atoms with E-state index in [0.717, 1.165) is 11.1 Å². The average Bonchev–Trinajstić information content (AvgIpc) is 2.52. The molecule has 0 aliphatic carbocycles. The van der Waals surface area contributed by atoms with Gasteiger partial charge >= 0.3 is 5.97 Å². The lowest BCUT2D eigenvalue weighted by atomic mass is 9.89. The molecule has 2 rings (SSSR count). The highest BCUT2D eigenvalue weighted by atomic mass is 16.5. The predicted octanol–water partition coefficient (Wildman–Crippen LogP) is 3.69. The summed E-state index contributed by atoms with van der Waals surface area (Å²) in [6, 6.07) is 12.1. The molecule has 0 aliphatic rings. The molecule has 126 valence electrons. The fourth-order valence-electron chi connectivity index (χ4n) is 2.51. The van der Waals surface area contributed by atoms with Crippen LogP contribution in [0.15, 0.2) is 48.5 Å². The van der Waals surface area contributed by atoms with Gasteiger partial charge in [0, 0.05) is 5.56 Å². The van der Waals surface area contributed by atoms with Crippen LogP contribution in [0.3, 0.4) is 0 Å². The quantitative estimate of drug-likeness (QED) is 0.841. The molecule has 0 unspecified atom stereocenters. The van der Waals surface area contributed by atoms with Gasteiger partial charge in [0.25, 0.3) is 0 Å². The Morgan fingerprint density at radius 1 is 1.12 bits per heavy atom. The van der Waals surface area contributed by atoms with E-state index >= 15 is 0 Å². The lowest BCUT2D eigenvalue weighted by Gasteiger charge is -2.19. The minimum atomic E-state index is -1.09. The minimum Gasteiger partial charge on any atom is -0.507 e. The Hall–Kier alpha value is -2.59. The number of hydrogen-bond donors (Lipinski definition) is 2. The molecule has 2 aromatic carbocycles. The van der Waals surface area contributed by atoms with Gasteiger partial charge in [-0.05, 0) is 61.7 Å². The molecule has 24 heavy (non-hydrogen) atoms. The molecule has 4 heteroatoms. The lowest BCUT2D eigenvalue weighted by molar-refractivity contribution is 0.0600. The largest absolute Gasteiger partial charge is 0.507 e. The molecule has 0 heterocycles. The smallest absolute Gasteiger partial charge is 0.337 e. The Morgan fingerprint density at radius 2 is 1.79 bits per heavy atom. The lowest BCUT2D eigenvalue weighted by Crippen LogP contribution is -2.15. The van der Waals surface area contributed by atoms with Crippen LogP contribution in [0.1, 0.15) is 40.9 Å². The van der Waals surface area contributed by atoms with Gasteiger partial charge in [0.2, 0.25) is 0 Å². The summed E-state index contributed by atoms with van der Waals surface area (Å²) in [7, 11) is 1.33. The number of aliphatic hydroxyl groups is 1. The molecule has 0 radical (unpaired) electrons. The summed E-state index contributed by atoms with van der Waals surface area (Å²) in [5.41, 5.74) is 2.23. The van der Waals surface area contributed by atoms with Crippen molar-refractivity contribution in [1.29, 1.82) is 0 Å². The number of methoxy groups -OCH3 is 1. The highest BCUT2D eigenvalue weighted by Gasteiger charge is 2.18. The van der Waals surface area contributed by atoms with Crippen molar-refractivity contribution in [3.05, 3.63) is 70.8 Å². The Bertz CT molecular complexity index is 782. The molecule has 0 aliphatic heterocycles. The predicted molar refractivity (Wildman–Crippen MR) is 94.0 cm³/mol. The molecule has 0 saturated heterocycles. The first-order valence-electron chi connectivity index (χ1n) is 7.66. The van der Waals surface area contributed by atoms with E-state index in [2.05, 4.69) is 0 Å². The summed E-state index contributed by atoms with van der Waals surface area (Å²) < 4.78 is 4.78. The second kappa shape index (κ2) is 6.89. The van der Waals surface area contributed by atoms with Gasteiger partial charge in [-0.2, -0.15) is 0 Å². The van der Waals surface area contributed by atoms with Crippen molar-refractivity contribution < 1.29 is 19.7 Å². The molecule has 0 amide bonds. The molecule has 0 aromatic heterocycles. The topological polar surface area (TPSA) is 66.8 Å². The average molecular weight is 326 g/mol. The van der Waals surface area contributed by atoms with Gasteiger partial charge in [0.05, 0.1) is 18.3 Å². The number of hydrogen-bond acceptors (Lipinski definition) is 4. The van der Waals surface area contributed by atoms with E-state index in [-0.39, 0.29) is 5.75 Å². The van der Waals surface area contributed by atoms with Gasteiger partial charge in [-0.3, -0.25) is 0 Å². The molecule has 0 fully saturated rings. The van der Waals surface area contributed by atoms with Crippen molar-refractivity contribution in [3.63, 3.8) is 0 Å². The molecular formula is C20H22O4. The number of ether oxygens (including phenoxy) is 1. The number of aromatic hydroxyl groups is 1. The molecule has 2 aromatic rings. The third-order valence-corrected chi connectivity index (χ3v) is 3.64. The van der Waals surface area contributed by atoms with E-state index in [1.54, 1.807) is 50.3 Å². The van der Waals surface area contributed by atoms with Crippen molar-refractivity contribution >= 4 is 11.5 Å². The maximum Gasteiger partial charge on any atom is 0.337 e. The summed E-state index contributed by atoms with van der Waals surface area (Å²) in [6.45, 7) is 5.23. The van der Waals surface area contributed by atoms with Gasteiger partial charge < -0.3 is 14.9 Å². The number of carbonyl (C=O) groups excluding carboxylic acids is 1. The van der Waals surface area contributed by atoms with Gasteiger partial charge in [-0.1, -0.05) is 24.3 Å². The number of aryl methyl sites for hydroxylation is 1. The summed E-state index contributed by atoms with van der Waals surface area (Å²) in [5.74, 6) is -0.327. The molecular weight excluding hydrogens is 304 g/mol. The summed E-state index contributed by atoms with van der Waals surface area (Å²) in [4.78, 5) is 11.8. The van der Waals surface area contributed by atoms with E-state index in [4.69, 9.17) is 4.74 Å². The van der Waals surface area contributed by atoms with Crippen LogP contribution in [-0.2, 0) is 4.74 Å². The Morgan fingerprint density at radius 3 is 2.38 bits per heavy atom.